The van der Waals surface area contributed by atoms with Crippen molar-refractivity contribution in [1.29, 1.82) is 0 Å². The Bertz CT molecular complexity index is 1070. The molecule has 8 nitrogen and oxygen atoms in total. The molecule has 31 heavy (non-hydrogen) atoms. The van der Waals surface area contributed by atoms with E-state index in [2.05, 4.69) is 0 Å². The fourth-order valence-electron chi connectivity index (χ4n) is 3.71. The Balaban J connectivity index is 2.24. The normalized spacial score (nSPS) is 22.9. The molecule has 0 saturated carbocycles. The van der Waals surface area contributed by atoms with Crippen LogP contribution in [0, 0.1) is 0 Å². The highest BCUT2D eigenvalue weighted by molar-refractivity contribution is 7.17. The number of hydrogen-bond acceptors (Lipinski definition) is 9. The number of thiophene rings is 1. The predicted molar refractivity (Wildman–Crippen MR) is 112 cm³/mol. The first-order valence-corrected chi connectivity index (χ1v) is 10.4. The molecule has 1 heterocycles. The summed E-state index contributed by atoms with van der Waals surface area (Å²) in [6, 6.07) is 7.48. The SMILES string of the molecule is COC(=O)[C@]1(OC(C)=O)C=C(c2ccc3sccc3c2)[C@@H](OC(C)=O)C(OC(C)=O)C1. The lowest BCUT2D eigenvalue weighted by Gasteiger charge is -2.39. The van der Waals surface area contributed by atoms with Crippen molar-refractivity contribution in [3.05, 3.63) is 41.3 Å². The minimum absolute atomic E-state index is 0.263. The first kappa shape index (κ1) is 22.5. The van der Waals surface area contributed by atoms with Gasteiger partial charge in [0.25, 0.3) is 0 Å². The summed E-state index contributed by atoms with van der Waals surface area (Å²) >= 11 is 1.56. The molecule has 0 spiro atoms. The molecular weight excluding hydrogens is 424 g/mol. The minimum Gasteiger partial charge on any atom is -0.466 e. The van der Waals surface area contributed by atoms with Crippen LogP contribution in [0.25, 0.3) is 15.7 Å². The van der Waals surface area contributed by atoms with Gasteiger partial charge >= 0.3 is 23.9 Å². The number of ether oxygens (including phenoxy) is 4. The molecular formula is C22H22O8S. The molecule has 0 N–H and O–H groups in total. The summed E-state index contributed by atoms with van der Waals surface area (Å²) in [7, 11) is 1.16. The van der Waals surface area contributed by atoms with E-state index in [9.17, 15) is 19.2 Å². The quantitative estimate of drug-likeness (QED) is 0.510. The summed E-state index contributed by atoms with van der Waals surface area (Å²) in [4.78, 5) is 48.2. The van der Waals surface area contributed by atoms with E-state index >= 15 is 0 Å². The molecule has 0 amide bonds. The summed E-state index contributed by atoms with van der Waals surface area (Å²) in [6.45, 7) is 3.60. The van der Waals surface area contributed by atoms with Gasteiger partial charge in [0.2, 0.25) is 5.60 Å². The number of carbonyl (C=O) groups is 4. The number of carbonyl (C=O) groups excluding carboxylic acids is 4. The van der Waals surface area contributed by atoms with Crippen LogP contribution in [0.4, 0.5) is 0 Å². The number of methoxy groups -OCH3 is 1. The third-order valence-corrected chi connectivity index (χ3v) is 5.69. The zero-order valence-corrected chi connectivity index (χ0v) is 18.3. The van der Waals surface area contributed by atoms with Crippen molar-refractivity contribution in [1.82, 2.24) is 0 Å². The molecule has 1 aliphatic carbocycles. The Morgan fingerprint density at radius 2 is 1.71 bits per heavy atom. The van der Waals surface area contributed by atoms with Gasteiger partial charge < -0.3 is 18.9 Å². The van der Waals surface area contributed by atoms with Gasteiger partial charge in [-0.2, -0.15) is 0 Å². The van der Waals surface area contributed by atoms with Gasteiger partial charge in [0.15, 0.2) is 6.10 Å². The first-order valence-electron chi connectivity index (χ1n) is 9.48. The molecule has 3 rings (SSSR count). The summed E-state index contributed by atoms with van der Waals surface area (Å²) in [5.41, 5.74) is -0.863. The highest BCUT2D eigenvalue weighted by atomic mass is 32.1. The molecule has 164 valence electrons. The van der Waals surface area contributed by atoms with Gasteiger partial charge in [0.05, 0.1) is 7.11 Å². The van der Waals surface area contributed by atoms with Gasteiger partial charge in [-0.1, -0.05) is 6.07 Å². The van der Waals surface area contributed by atoms with Gasteiger partial charge in [-0.05, 0) is 40.6 Å². The standard InChI is InChI=1S/C22H22O8S/c1-12(23)28-18-11-22(21(26)27-4,30-14(3)25)10-17(20(18)29-13(2)24)15-5-6-19-16(9-15)7-8-31-19/h5-10,18,20H,11H2,1-4H3/t18?,20-,22+/m1/s1. The van der Waals surface area contributed by atoms with E-state index in [0.29, 0.717) is 11.1 Å². The van der Waals surface area contributed by atoms with E-state index in [1.165, 1.54) is 19.9 Å². The van der Waals surface area contributed by atoms with E-state index in [1.807, 2.05) is 23.6 Å². The van der Waals surface area contributed by atoms with Crippen molar-refractivity contribution < 1.29 is 38.1 Å². The number of esters is 4. The minimum atomic E-state index is -1.85. The molecule has 1 unspecified atom stereocenters. The Morgan fingerprint density at radius 3 is 2.32 bits per heavy atom. The second kappa shape index (κ2) is 8.89. The van der Waals surface area contributed by atoms with E-state index < -0.39 is 41.7 Å². The molecule has 0 saturated heterocycles. The number of fused-ring (bicyclic) bond motifs is 1. The van der Waals surface area contributed by atoms with Crippen molar-refractivity contribution in [2.24, 2.45) is 0 Å². The van der Waals surface area contributed by atoms with Crippen LogP contribution in [0.5, 0.6) is 0 Å². The molecule has 0 radical (unpaired) electrons. The predicted octanol–water partition coefficient (Wildman–Crippen LogP) is 3.03. The highest BCUT2D eigenvalue weighted by Crippen LogP contribution is 2.40. The summed E-state index contributed by atoms with van der Waals surface area (Å²) in [5, 5.41) is 2.88. The van der Waals surface area contributed by atoms with Crippen molar-refractivity contribution in [3.63, 3.8) is 0 Å². The number of hydrogen-bond donors (Lipinski definition) is 0. The fourth-order valence-corrected chi connectivity index (χ4v) is 4.48. The second-order valence-corrected chi connectivity index (χ2v) is 8.08. The van der Waals surface area contributed by atoms with E-state index in [0.717, 1.165) is 24.1 Å². The number of rotatable bonds is 5. The van der Waals surface area contributed by atoms with Gasteiger partial charge in [-0.3, -0.25) is 14.4 Å². The lowest BCUT2D eigenvalue weighted by molar-refractivity contribution is -0.184. The Hall–Kier alpha value is -3.20. The summed E-state index contributed by atoms with van der Waals surface area (Å²) < 4.78 is 22.3. The molecule has 9 heteroatoms. The van der Waals surface area contributed by atoms with Crippen LogP contribution in [-0.2, 0) is 38.1 Å². The smallest absolute Gasteiger partial charge is 0.354 e. The molecule has 0 aliphatic heterocycles. The van der Waals surface area contributed by atoms with Crippen molar-refractivity contribution >= 4 is 50.9 Å². The van der Waals surface area contributed by atoms with E-state index in [-0.39, 0.29) is 6.42 Å². The maximum atomic E-state index is 12.7. The topological polar surface area (TPSA) is 105 Å². The third-order valence-electron chi connectivity index (χ3n) is 4.79. The molecule has 1 aromatic carbocycles. The van der Waals surface area contributed by atoms with Crippen molar-refractivity contribution in [2.75, 3.05) is 7.11 Å². The number of benzene rings is 1. The zero-order chi connectivity index (χ0) is 22.8. The molecule has 1 aromatic heterocycles. The highest BCUT2D eigenvalue weighted by Gasteiger charge is 2.52. The molecule has 0 bridgehead atoms. The van der Waals surface area contributed by atoms with E-state index in [4.69, 9.17) is 18.9 Å². The lowest BCUT2D eigenvalue weighted by atomic mass is 9.79. The lowest BCUT2D eigenvalue weighted by Crippen LogP contribution is -2.52. The van der Waals surface area contributed by atoms with Crippen LogP contribution in [-0.4, -0.2) is 48.8 Å². The Kier molecular flexibility index (Phi) is 6.45. The maximum absolute atomic E-state index is 12.7. The van der Waals surface area contributed by atoms with Crippen LogP contribution < -0.4 is 0 Å². The van der Waals surface area contributed by atoms with Gasteiger partial charge in [0, 0.05) is 37.5 Å². The monoisotopic (exact) mass is 446 g/mol. The van der Waals surface area contributed by atoms with Gasteiger partial charge in [-0.25, -0.2) is 4.79 Å². The zero-order valence-electron chi connectivity index (χ0n) is 17.5. The van der Waals surface area contributed by atoms with Crippen molar-refractivity contribution in [3.8, 4) is 0 Å². The average molecular weight is 446 g/mol. The van der Waals surface area contributed by atoms with Crippen LogP contribution >= 0.6 is 11.3 Å². The van der Waals surface area contributed by atoms with Crippen LogP contribution in [0.2, 0.25) is 0 Å². The second-order valence-electron chi connectivity index (χ2n) is 7.13. The van der Waals surface area contributed by atoms with Gasteiger partial charge in [0.1, 0.15) is 6.10 Å². The summed E-state index contributed by atoms with van der Waals surface area (Å²) in [6.07, 6.45) is -0.939. The first-order chi connectivity index (χ1) is 14.6. The molecule has 3 atom stereocenters. The average Bonchev–Trinajstić information content (AvgIpc) is 3.15. The Morgan fingerprint density at radius 1 is 1.00 bits per heavy atom. The van der Waals surface area contributed by atoms with Gasteiger partial charge in [-0.15, -0.1) is 11.3 Å². The molecule has 2 aromatic rings. The van der Waals surface area contributed by atoms with Crippen LogP contribution in [0.1, 0.15) is 32.8 Å². The van der Waals surface area contributed by atoms with Crippen LogP contribution in [0.15, 0.2) is 35.7 Å². The molecule has 1 aliphatic rings. The summed E-state index contributed by atoms with van der Waals surface area (Å²) in [5.74, 6) is -2.79. The maximum Gasteiger partial charge on any atom is 0.354 e. The van der Waals surface area contributed by atoms with E-state index in [1.54, 1.807) is 17.4 Å². The third kappa shape index (κ3) is 4.77. The fraction of sp³-hybridized carbons (Fsp3) is 0.364. The van der Waals surface area contributed by atoms with Crippen LogP contribution in [0.3, 0.4) is 0 Å². The largest absolute Gasteiger partial charge is 0.466 e. The molecule has 0 fully saturated rings. The van der Waals surface area contributed by atoms with Crippen molar-refractivity contribution in [2.45, 2.75) is 45.0 Å². The Labute approximate surface area is 182 Å².